The molecule has 1 amide bonds. The zero-order valence-corrected chi connectivity index (χ0v) is 12.2. The van der Waals surface area contributed by atoms with Crippen LogP contribution in [0, 0.1) is 5.92 Å². The molecule has 0 aromatic carbocycles. The zero-order chi connectivity index (χ0) is 13.8. The zero-order valence-electron chi connectivity index (χ0n) is 12.2. The van der Waals surface area contributed by atoms with Crippen LogP contribution in [0.5, 0.6) is 0 Å². The first kappa shape index (κ1) is 15.3. The van der Waals surface area contributed by atoms with Gasteiger partial charge in [0.1, 0.15) is 5.60 Å². The standard InChI is InChI=1S/C14H28N2O2/c1-11(15)10-12-6-5-8-16(9-7-12)13(17)18-14(2,3)4/h11-12H,5-10,15H2,1-4H3. The van der Waals surface area contributed by atoms with Gasteiger partial charge in [0.05, 0.1) is 0 Å². The van der Waals surface area contributed by atoms with E-state index in [1.54, 1.807) is 0 Å². The molecule has 1 rings (SSSR count). The van der Waals surface area contributed by atoms with Crippen LogP contribution in [-0.4, -0.2) is 35.7 Å². The normalized spacial score (nSPS) is 23.4. The molecule has 106 valence electrons. The van der Waals surface area contributed by atoms with Gasteiger partial charge in [0.25, 0.3) is 0 Å². The van der Waals surface area contributed by atoms with E-state index in [2.05, 4.69) is 6.92 Å². The highest BCUT2D eigenvalue weighted by atomic mass is 16.6. The summed E-state index contributed by atoms with van der Waals surface area (Å²) in [7, 11) is 0. The van der Waals surface area contributed by atoms with Crippen LogP contribution in [-0.2, 0) is 4.74 Å². The van der Waals surface area contributed by atoms with Gasteiger partial charge in [-0.2, -0.15) is 0 Å². The largest absolute Gasteiger partial charge is 0.444 e. The van der Waals surface area contributed by atoms with Crippen LogP contribution in [0.3, 0.4) is 0 Å². The van der Waals surface area contributed by atoms with Crippen LogP contribution in [0.4, 0.5) is 4.79 Å². The van der Waals surface area contributed by atoms with E-state index >= 15 is 0 Å². The summed E-state index contributed by atoms with van der Waals surface area (Å²) < 4.78 is 5.41. The van der Waals surface area contributed by atoms with Crippen molar-refractivity contribution in [1.29, 1.82) is 0 Å². The minimum Gasteiger partial charge on any atom is -0.444 e. The highest BCUT2D eigenvalue weighted by Gasteiger charge is 2.25. The van der Waals surface area contributed by atoms with E-state index in [-0.39, 0.29) is 12.1 Å². The summed E-state index contributed by atoms with van der Waals surface area (Å²) in [4.78, 5) is 13.8. The van der Waals surface area contributed by atoms with Gasteiger partial charge in [0, 0.05) is 19.1 Å². The third kappa shape index (κ3) is 5.71. The molecule has 1 saturated heterocycles. The van der Waals surface area contributed by atoms with E-state index in [4.69, 9.17) is 10.5 Å². The fraction of sp³-hybridized carbons (Fsp3) is 0.929. The lowest BCUT2D eigenvalue weighted by molar-refractivity contribution is 0.0255. The SMILES string of the molecule is CC(N)CC1CCCN(C(=O)OC(C)(C)C)CC1. The predicted octanol–water partition coefficient (Wildman–Crippen LogP) is 2.76. The molecule has 18 heavy (non-hydrogen) atoms. The van der Waals surface area contributed by atoms with Crippen molar-refractivity contribution >= 4 is 6.09 Å². The van der Waals surface area contributed by atoms with Gasteiger partial charge in [-0.25, -0.2) is 4.79 Å². The smallest absolute Gasteiger partial charge is 0.410 e. The van der Waals surface area contributed by atoms with Crippen molar-refractivity contribution in [2.75, 3.05) is 13.1 Å². The summed E-state index contributed by atoms with van der Waals surface area (Å²) >= 11 is 0. The number of likely N-dealkylation sites (tertiary alicyclic amines) is 1. The van der Waals surface area contributed by atoms with Crippen LogP contribution < -0.4 is 5.73 Å². The van der Waals surface area contributed by atoms with Crippen molar-refractivity contribution in [3.8, 4) is 0 Å². The Morgan fingerprint density at radius 1 is 1.39 bits per heavy atom. The number of carbonyl (C=O) groups excluding carboxylic acids is 1. The average Bonchev–Trinajstić information content (AvgIpc) is 2.39. The monoisotopic (exact) mass is 256 g/mol. The lowest BCUT2D eigenvalue weighted by Crippen LogP contribution is -2.37. The van der Waals surface area contributed by atoms with E-state index < -0.39 is 5.60 Å². The molecule has 0 aliphatic carbocycles. The summed E-state index contributed by atoms with van der Waals surface area (Å²) in [6, 6.07) is 0.253. The quantitative estimate of drug-likeness (QED) is 0.826. The van der Waals surface area contributed by atoms with Gasteiger partial charge in [0.2, 0.25) is 0 Å². The lowest BCUT2D eigenvalue weighted by Gasteiger charge is -2.26. The second kappa shape index (κ2) is 6.41. The Labute approximate surface area is 111 Å². The van der Waals surface area contributed by atoms with Crippen LogP contribution in [0.15, 0.2) is 0 Å². The summed E-state index contributed by atoms with van der Waals surface area (Å²) in [5, 5.41) is 0. The molecule has 2 atom stereocenters. The summed E-state index contributed by atoms with van der Waals surface area (Å²) in [6.45, 7) is 9.37. The molecular formula is C14H28N2O2. The average molecular weight is 256 g/mol. The van der Waals surface area contributed by atoms with Crippen molar-refractivity contribution in [2.24, 2.45) is 11.7 Å². The van der Waals surface area contributed by atoms with Crippen molar-refractivity contribution in [3.63, 3.8) is 0 Å². The number of hydrogen-bond acceptors (Lipinski definition) is 3. The van der Waals surface area contributed by atoms with Crippen LogP contribution >= 0.6 is 0 Å². The number of nitrogens with two attached hydrogens (primary N) is 1. The number of ether oxygens (including phenoxy) is 1. The Bertz CT molecular complexity index is 271. The molecule has 1 fully saturated rings. The van der Waals surface area contributed by atoms with Gasteiger partial charge in [-0.15, -0.1) is 0 Å². The third-order valence-electron chi connectivity index (χ3n) is 3.20. The van der Waals surface area contributed by atoms with E-state index in [0.717, 1.165) is 32.4 Å². The van der Waals surface area contributed by atoms with Gasteiger partial charge >= 0.3 is 6.09 Å². The molecule has 0 bridgehead atoms. The minimum absolute atomic E-state index is 0.177. The van der Waals surface area contributed by atoms with Gasteiger partial charge < -0.3 is 15.4 Å². The summed E-state index contributed by atoms with van der Waals surface area (Å²) in [5.41, 5.74) is 5.44. The fourth-order valence-corrected chi connectivity index (χ4v) is 2.44. The second-order valence-electron chi connectivity index (χ2n) is 6.48. The lowest BCUT2D eigenvalue weighted by atomic mass is 9.94. The topological polar surface area (TPSA) is 55.6 Å². The molecule has 1 aliphatic rings. The minimum atomic E-state index is -0.408. The van der Waals surface area contributed by atoms with E-state index in [0.29, 0.717) is 5.92 Å². The molecule has 4 nitrogen and oxygen atoms in total. The van der Waals surface area contributed by atoms with Crippen molar-refractivity contribution in [2.45, 2.75) is 65.0 Å². The molecule has 1 aliphatic heterocycles. The van der Waals surface area contributed by atoms with Gasteiger partial charge in [-0.1, -0.05) is 0 Å². The maximum Gasteiger partial charge on any atom is 0.410 e. The molecular weight excluding hydrogens is 228 g/mol. The molecule has 2 unspecified atom stereocenters. The van der Waals surface area contributed by atoms with Crippen molar-refractivity contribution in [1.82, 2.24) is 4.90 Å². The first-order chi connectivity index (χ1) is 8.28. The van der Waals surface area contributed by atoms with E-state index in [1.165, 1.54) is 6.42 Å². The molecule has 2 N–H and O–H groups in total. The molecule has 0 aromatic heterocycles. The number of carbonyl (C=O) groups is 1. The van der Waals surface area contributed by atoms with Gasteiger partial charge in [-0.3, -0.25) is 0 Å². The summed E-state index contributed by atoms with van der Waals surface area (Å²) in [5.74, 6) is 0.650. The molecule has 1 heterocycles. The molecule has 0 spiro atoms. The highest BCUT2D eigenvalue weighted by molar-refractivity contribution is 5.68. The number of hydrogen-bond donors (Lipinski definition) is 1. The van der Waals surface area contributed by atoms with Crippen molar-refractivity contribution in [3.05, 3.63) is 0 Å². The molecule has 4 heteroatoms. The first-order valence-corrected chi connectivity index (χ1v) is 7.01. The molecule has 0 saturated carbocycles. The van der Waals surface area contributed by atoms with Gasteiger partial charge in [0.15, 0.2) is 0 Å². The third-order valence-corrected chi connectivity index (χ3v) is 3.20. The van der Waals surface area contributed by atoms with E-state index in [1.807, 2.05) is 25.7 Å². The Morgan fingerprint density at radius 2 is 2.06 bits per heavy atom. The van der Waals surface area contributed by atoms with Crippen LogP contribution in [0.1, 0.15) is 53.4 Å². The number of nitrogens with zero attached hydrogens (tertiary/aromatic N) is 1. The maximum absolute atomic E-state index is 12.0. The van der Waals surface area contributed by atoms with Crippen molar-refractivity contribution < 1.29 is 9.53 Å². The van der Waals surface area contributed by atoms with Crippen LogP contribution in [0.2, 0.25) is 0 Å². The highest BCUT2D eigenvalue weighted by Crippen LogP contribution is 2.22. The molecule has 0 radical (unpaired) electrons. The first-order valence-electron chi connectivity index (χ1n) is 7.01. The van der Waals surface area contributed by atoms with E-state index in [9.17, 15) is 4.79 Å². The second-order valence-corrected chi connectivity index (χ2v) is 6.48. The number of rotatable bonds is 2. The number of amides is 1. The Kier molecular flexibility index (Phi) is 5.45. The fourth-order valence-electron chi connectivity index (χ4n) is 2.44. The maximum atomic E-state index is 12.0. The Morgan fingerprint density at radius 3 is 2.61 bits per heavy atom. The Balaban J connectivity index is 2.44. The molecule has 0 aromatic rings. The summed E-state index contributed by atoms with van der Waals surface area (Å²) in [6.07, 6.45) is 4.14. The van der Waals surface area contributed by atoms with Gasteiger partial charge in [-0.05, 0) is 59.3 Å². The van der Waals surface area contributed by atoms with Crippen LogP contribution in [0.25, 0.3) is 0 Å². The Hall–Kier alpha value is -0.770. The predicted molar refractivity (Wildman–Crippen MR) is 73.4 cm³/mol.